The molecule has 8 heteroatoms. The molecule has 0 radical (unpaired) electrons. The fraction of sp³-hybridized carbons (Fsp3) is 0.333. The Hall–Kier alpha value is -2.35. The summed E-state index contributed by atoms with van der Waals surface area (Å²) in [5, 5.41) is 9.06. The summed E-state index contributed by atoms with van der Waals surface area (Å²) in [6, 6.07) is 4.50. The van der Waals surface area contributed by atoms with Gasteiger partial charge in [-0.25, -0.2) is 9.78 Å². The molecule has 2 aromatic rings. The summed E-state index contributed by atoms with van der Waals surface area (Å²) in [7, 11) is -3.74. The van der Waals surface area contributed by atoms with Gasteiger partial charge in [-0.05, 0) is 44.0 Å². The van der Waals surface area contributed by atoms with E-state index in [9.17, 15) is 13.2 Å². The number of anilines is 1. The summed E-state index contributed by atoms with van der Waals surface area (Å²) in [5.74, 6) is -0.377. The van der Waals surface area contributed by atoms with Crippen LogP contribution in [0.4, 0.5) is 5.69 Å². The van der Waals surface area contributed by atoms with Crippen molar-refractivity contribution in [2.45, 2.75) is 31.8 Å². The van der Waals surface area contributed by atoms with E-state index < -0.39 is 16.0 Å². The molecule has 1 N–H and O–H groups in total. The van der Waals surface area contributed by atoms with E-state index in [1.807, 2.05) is 6.92 Å². The number of benzene rings is 1. The normalized spacial score (nSPS) is 14.1. The molecule has 1 aliphatic heterocycles. The maximum Gasteiger partial charge on any atom is 0.335 e. The van der Waals surface area contributed by atoms with Crippen molar-refractivity contribution in [1.82, 2.24) is 9.55 Å². The number of aromatic carboxylic acids is 1. The minimum atomic E-state index is -3.74. The van der Waals surface area contributed by atoms with E-state index in [0.717, 1.165) is 5.56 Å². The Balaban J connectivity index is 2.02. The summed E-state index contributed by atoms with van der Waals surface area (Å²) in [5.41, 5.74) is 1.41. The first-order valence-corrected chi connectivity index (χ1v) is 8.71. The zero-order chi connectivity index (χ0) is 16.8. The van der Waals surface area contributed by atoms with Crippen LogP contribution in [-0.4, -0.2) is 35.6 Å². The van der Waals surface area contributed by atoms with Gasteiger partial charge in [-0.3, -0.25) is 4.31 Å². The number of rotatable bonds is 4. The predicted molar refractivity (Wildman–Crippen MR) is 84.3 cm³/mol. The summed E-state index contributed by atoms with van der Waals surface area (Å²) in [4.78, 5) is 15.2. The van der Waals surface area contributed by atoms with Crippen LogP contribution < -0.4 is 4.31 Å². The SMILES string of the molecule is CCn1cc(S(=O)(=O)N2CCc3cc(C(=O)O)ccc32)nc1C. The Morgan fingerprint density at radius 3 is 2.74 bits per heavy atom. The number of nitrogens with zero attached hydrogens (tertiary/aromatic N) is 3. The van der Waals surface area contributed by atoms with E-state index >= 15 is 0 Å². The van der Waals surface area contributed by atoms with Gasteiger partial charge in [0, 0.05) is 19.3 Å². The van der Waals surface area contributed by atoms with E-state index in [1.54, 1.807) is 17.6 Å². The lowest BCUT2D eigenvalue weighted by atomic mass is 10.1. The molecule has 7 nitrogen and oxygen atoms in total. The number of carbonyl (C=O) groups is 1. The second-order valence-corrected chi connectivity index (χ2v) is 7.20. The van der Waals surface area contributed by atoms with Crippen LogP contribution in [0.3, 0.4) is 0 Å². The molecule has 0 spiro atoms. The lowest BCUT2D eigenvalue weighted by molar-refractivity contribution is 0.0697. The zero-order valence-electron chi connectivity index (χ0n) is 12.9. The average Bonchev–Trinajstić information content (AvgIpc) is 3.10. The van der Waals surface area contributed by atoms with Gasteiger partial charge in [0.25, 0.3) is 10.0 Å². The Bertz CT molecular complexity index is 886. The first-order chi connectivity index (χ1) is 10.8. The highest BCUT2D eigenvalue weighted by atomic mass is 32.2. The zero-order valence-corrected chi connectivity index (χ0v) is 13.7. The van der Waals surface area contributed by atoms with Gasteiger partial charge in [0.15, 0.2) is 5.03 Å². The number of hydrogen-bond acceptors (Lipinski definition) is 4. The maximum atomic E-state index is 12.8. The Kier molecular flexibility index (Phi) is 3.63. The molecule has 0 atom stereocenters. The van der Waals surface area contributed by atoms with Crippen LogP contribution in [0.15, 0.2) is 29.4 Å². The van der Waals surface area contributed by atoms with E-state index in [2.05, 4.69) is 4.98 Å². The van der Waals surface area contributed by atoms with Crippen LogP contribution in [0.5, 0.6) is 0 Å². The van der Waals surface area contributed by atoms with Gasteiger partial charge in [0.2, 0.25) is 0 Å². The molecule has 1 aromatic carbocycles. The van der Waals surface area contributed by atoms with E-state index in [4.69, 9.17) is 5.11 Å². The monoisotopic (exact) mass is 335 g/mol. The molecule has 1 aromatic heterocycles. The van der Waals surface area contributed by atoms with Gasteiger partial charge >= 0.3 is 5.97 Å². The van der Waals surface area contributed by atoms with Gasteiger partial charge in [-0.2, -0.15) is 8.42 Å². The molecule has 0 bridgehead atoms. The number of hydrogen-bond donors (Lipinski definition) is 1. The molecule has 0 amide bonds. The molecular formula is C15H17N3O4S. The third-order valence-electron chi connectivity index (χ3n) is 4.03. The van der Waals surface area contributed by atoms with Crippen LogP contribution >= 0.6 is 0 Å². The van der Waals surface area contributed by atoms with Gasteiger partial charge in [0.1, 0.15) is 5.82 Å². The summed E-state index contributed by atoms with van der Waals surface area (Å²) in [6.07, 6.45) is 2.03. The van der Waals surface area contributed by atoms with Gasteiger partial charge in [-0.15, -0.1) is 0 Å². The molecule has 0 fully saturated rings. The van der Waals surface area contributed by atoms with Crippen LogP contribution in [0.25, 0.3) is 0 Å². The standard InChI is InChI=1S/C15H17N3O4S/c1-3-17-9-14(16-10(17)2)23(21,22)18-7-6-11-8-12(15(19)20)4-5-13(11)18/h4-5,8-9H,3,6-7H2,1-2H3,(H,19,20). The van der Waals surface area contributed by atoms with E-state index in [1.165, 1.54) is 22.6 Å². The number of fused-ring (bicyclic) bond motifs is 1. The van der Waals surface area contributed by atoms with Gasteiger partial charge in [-0.1, -0.05) is 0 Å². The predicted octanol–water partition coefficient (Wildman–Crippen LogP) is 1.66. The highest BCUT2D eigenvalue weighted by Gasteiger charge is 2.33. The number of aryl methyl sites for hydroxylation is 2. The topological polar surface area (TPSA) is 92.5 Å². The summed E-state index contributed by atoms with van der Waals surface area (Å²) < 4.78 is 28.7. The molecule has 3 rings (SSSR count). The van der Waals surface area contributed by atoms with Crippen molar-refractivity contribution in [2.24, 2.45) is 0 Å². The lowest BCUT2D eigenvalue weighted by Gasteiger charge is -2.18. The minimum absolute atomic E-state index is 0.0204. The smallest absolute Gasteiger partial charge is 0.335 e. The quantitative estimate of drug-likeness (QED) is 0.917. The lowest BCUT2D eigenvalue weighted by Crippen LogP contribution is -2.29. The van der Waals surface area contributed by atoms with Crippen molar-refractivity contribution in [3.63, 3.8) is 0 Å². The van der Waals surface area contributed by atoms with Crippen LogP contribution in [0.1, 0.15) is 28.7 Å². The van der Waals surface area contributed by atoms with Crippen molar-refractivity contribution in [1.29, 1.82) is 0 Å². The first kappa shape index (κ1) is 15.5. The molecule has 0 aliphatic carbocycles. The van der Waals surface area contributed by atoms with Crippen LogP contribution in [0.2, 0.25) is 0 Å². The third kappa shape index (κ3) is 2.48. The molecule has 0 saturated heterocycles. The number of sulfonamides is 1. The highest BCUT2D eigenvalue weighted by molar-refractivity contribution is 7.92. The summed E-state index contributed by atoms with van der Waals surface area (Å²) >= 11 is 0. The minimum Gasteiger partial charge on any atom is -0.478 e. The Labute approximate surface area is 134 Å². The van der Waals surface area contributed by atoms with Gasteiger partial charge in [0.05, 0.1) is 11.3 Å². The van der Waals surface area contributed by atoms with E-state index in [0.29, 0.717) is 31.0 Å². The second-order valence-electron chi connectivity index (χ2n) is 5.39. The average molecular weight is 335 g/mol. The number of imidazole rings is 1. The van der Waals surface area contributed by atoms with E-state index in [-0.39, 0.29) is 10.6 Å². The molecule has 122 valence electrons. The van der Waals surface area contributed by atoms with Crippen molar-refractivity contribution in [3.05, 3.63) is 41.3 Å². The number of aromatic nitrogens is 2. The maximum absolute atomic E-state index is 12.8. The highest BCUT2D eigenvalue weighted by Crippen LogP contribution is 2.33. The van der Waals surface area contributed by atoms with Crippen molar-refractivity contribution < 1.29 is 18.3 Å². The fourth-order valence-corrected chi connectivity index (χ4v) is 4.29. The number of carboxylic acid groups (broad SMARTS) is 1. The molecular weight excluding hydrogens is 318 g/mol. The van der Waals surface area contributed by atoms with Crippen LogP contribution in [-0.2, 0) is 23.0 Å². The van der Waals surface area contributed by atoms with Crippen molar-refractivity contribution >= 4 is 21.7 Å². The molecule has 1 aliphatic rings. The fourth-order valence-electron chi connectivity index (χ4n) is 2.79. The first-order valence-electron chi connectivity index (χ1n) is 7.27. The second kappa shape index (κ2) is 5.38. The van der Waals surface area contributed by atoms with Crippen LogP contribution in [0, 0.1) is 6.92 Å². The van der Waals surface area contributed by atoms with Crippen molar-refractivity contribution in [3.8, 4) is 0 Å². The summed E-state index contributed by atoms with van der Waals surface area (Å²) in [6.45, 7) is 4.62. The van der Waals surface area contributed by atoms with Gasteiger partial charge < -0.3 is 9.67 Å². The Morgan fingerprint density at radius 1 is 1.39 bits per heavy atom. The molecule has 0 unspecified atom stereocenters. The third-order valence-corrected chi connectivity index (χ3v) is 5.71. The largest absolute Gasteiger partial charge is 0.478 e. The number of carboxylic acids is 1. The molecule has 2 heterocycles. The Morgan fingerprint density at radius 2 is 2.13 bits per heavy atom. The molecule has 0 saturated carbocycles. The van der Waals surface area contributed by atoms with Crippen molar-refractivity contribution in [2.75, 3.05) is 10.8 Å². The molecule has 23 heavy (non-hydrogen) atoms.